The Labute approximate surface area is 110 Å². The van der Waals surface area contributed by atoms with E-state index in [9.17, 15) is 14.4 Å². The molecule has 0 fully saturated rings. The van der Waals surface area contributed by atoms with Crippen LogP contribution in [0.3, 0.4) is 0 Å². The lowest BCUT2D eigenvalue weighted by atomic mass is 10.0. The fourth-order valence-corrected chi connectivity index (χ4v) is 1.49. The van der Waals surface area contributed by atoms with Gasteiger partial charge in [0, 0.05) is 0 Å². The van der Waals surface area contributed by atoms with Gasteiger partial charge < -0.3 is 15.8 Å². The standard InChI is InChI=1S/C13H16N2O4/c1-4-19-13(18)12(17)15-10-6-8(3)7(2)5-9(10)11(14)16/h5-6H,4H2,1-3H3,(H2,14,16)(H,15,17). The van der Waals surface area contributed by atoms with E-state index in [4.69, 9.17) is 5.73 Å². The molecule has 1 rings (SSSR count). The molecule has 0 aromatic heterocycles. The van der Waals surface area contributed by atoms with Gasteiger partial charge in [-0.1, -0.05) is 0 Å². The van der Waals surface area contributed by atoms with Gasteiger partial charge >= 0.3 is 11.9 Å². The molecule has 0 aliphatic heterocycles. The fraction of sp³-hybridized carbons (Fsp3) is 0.308. The number of carbonyl (C=O) groups is 3. The minimum Gasteiger partial charge on any atom is -0.459 e. The summed E-state index contributed by atoms with van der Waals surface area (Å²) >= 11 is 0. The van der Waals surface area contributed by atoms with Crippen molar-refractivity contribution < 1.29 is 19.1 Å². The molecule has 0 saturated carbocycles. The highest BCUT2D eigenvalue weighted by Crippen LogP contribution is 2.20. The van der Waals surface area contributed by atoms with E-state index in [1.165, 1.54) is 0 Å². The Kier molecular flexibility index (Phi) is 4.63. The summed E-state index contributed by atoms with van der Waals surface area (Å²) in [4.78, 5) is 34.1. The average molecular weight is 264 g/mol. The zero-order valence-corrected chi connectivity index (χ0v) is 11.1. The number of nitrogens with one attached hydrogen (secondary N) is 1. The number of amides is 2. The number of primary amides is 1. The lowest BCUT2D eigenvalue weighted by molar-refractivity contribution is -0.152. The maximum atomic E-state index is 11.5. The van der Waals surface area contributed by atoms with E-state index in [1.54, 1.807) is 19.1 Å². The Morgan fingerprint density at radius 1 is 1.21 bits per heavy atom. The Morgan fingerprint density at radius 2 is 1.79 bits per heavy atom. The van der Waals surface area contributed by atoms with Gasteiger partial charge in [0.25, 0.3) is 5.91 Å². The number of nitrogens with two attached hydrogens (primary N) is 1. The van der Waals surface area contributed by atoms with Crippen LogP contribution in [0.25, 0.3) is 0 Å². The molecule has 6 nitrogen and oxygen atoms in total. The maximum absolute atomic E-state index is 11.5. The van der Waals surface area contributed by atoms with Gasteiger partial charge in [0.1, 0.15) is 0 Å². The molecule has 0 aliphatic rings. The summed E-state index contributed by atoms with van der Waals surface area (Å²) in [5.74, 6) is -2.62. The van der Waals surface area contributed by atoms with E-state index in [0.29, 0.717) is 0 Å². The van der Waals surface area contributed by atoms with Crippen molar-refractivity contribution in [2.75, 3.05) is 11.9 Å². The number of ether oxygens (including phenoxy) is 1. The van der Waals surface area contributed by atoms with Gasteiger partial charge in [-0.2, -0.15) is 0 Å². The second-order valence-electron chi connectivity index (χ2n) is 4.02. The van der Waals surface area contributed by atoms with Gasteiger partial charge in [0.2, 0.25) is 0 Å². The van der Waals surface area contributed by atoms with Crippen LogP contribution in [0, 0.1) is 13.8 Å². The van der Waals surface area contributed by atoms with Crippen LogP contribution in [0.2, 0.25) is 0 Å². The molecular weight excluding hydrogens is 248 g/mol. The number of anilines is 1. The van der Waals surface area contributed by atoms with Crippen LogP contribution >= 0.6 is 0 Å². The first-order valence-electron chi connectivity index (χ1n) is 5.76. The molecule has 0 atom stereocenters. The first-order chi connectivity index (χ1) is 8.86. The number of benzene rings is 1. The van der Waals surface area contributed by atoms with E-state index in [2.05, 4.69) is 10.1 Å². The second-order valence-corrected chi connectivity index (χ2v) is 4.02. The van der Waals surface area contributed by atoms with Crippen LogP contribution in [0.5, 0.6) is 0 Å². The van der Waals surface area contributed by atoms with Crippen LogP contribution in [0.15, 0.2) is 12.1 Å². The zero-order valence-electron chi connectivity index (χ0n) is 11.1. The summed E-state index contributed by atoms with van der Waals surface area (Å²) in [6.45, 7) is 5.33. The fourth-order valence-electron chi connectivity index (χ4n) is 1.49. The molecule has 6 heteroatoms. The highest BCUT2D eigenvalue weighted by Gasteiger charge is 2.18. The van der Waals surface area contributed by atoms with Crippen LogP contribution in [0.1, 0.15) is 28.4 Å². The van der Waals surface area contributed by atoms with Gasteiger partial charge in [0.05, 0.1) is 17.9 Å². The van der Waals surface area contributed by atoms with Gasteiger partial charge in [-0.25, -0.2) is 4.79 Å². The van der Waals surface area contributed by atoms with Crippen LogP contribution < -0.4 is 11.1 Å². The number of aryl methyl sites for hydroxylation is 2. The largest absolute Gasteiger partial charge is 0.459 e. The molecule has 0 unspecified atom stereocenters. The van der Waals surface area contributed by atoms with E-state index in [0.717, 1.165) is 11.1 Å². The summed E-state index contributed by atoms with van der Waals surface area (Å²) in [7, 11) is 0. The van der Waals surface area contributed by atoms with Crippen molar-refractivity contribution in [1.82, 2.24) is 0 Å². The quantitative estimate of drug-likeness (QED) is 0.626. The van der Waals surface area contributed by atoms with Crippen molar-refractivity contribution in [3.63, 3.8) is 0 Å². The third-order valence-electron chi connectivity index (χ3n) is 2.61. The summed E-state index contributed by atoms with van der Waals surface area (Å²) in [5, 5.41) is 2.33. The second kappa shape index (κ2) is 5.99. The molecule has 3 N–H and O–H groups in total. The number of carbonyl (C=O) groups excluding carboxylic acids is 3. The lowest BCUT2D eigenvalue weighted by Crippen LogP contribution is -2.26. The van der Waals surface area contributed by atoms with Gasteiger partial charge in [-0.3, -0.25) is 9.59 Å². The normalized spacial score (nSPS) is 9.84. The summed E-state index contributed by atoms with van der Waals surface area (Å²) in [6, 6.07) is 3.16. The predicted octanol–water partition coefficient (Wildman–Crippen LogP) is 0.904. The number of hydrogen-bond acceptors (Lipinski definition) is 4. The molecule has 19 heavy (non-hydrogen) atoms. The van der Waals surface area contributed by atoms with E-state index >= 15 is 0 Å². The zero-order chi connectivity index (χ0) is 14.6. The van der Waals surface area contributed by atoms with Gasteiger partial charge in [0.15, 0.2) is 0 Å². The molecule has 0 heterocycles. The number of esters is 1. The van der Waals surface area contributed by atoms with Crippen LogP contribution in [0.4, 0.5) is 5.69 Å². The minimum absolute atomic E-state index is 0.0991. The molecule has 1 aromatic rings. The van der Waals surface area contributed by atoms with Crippen molar-refractivity contribution in [2.45, 2.75) is 20.8 Å². The van der Waals surface area contributed by atoms with Crippen LogP contribution in [-0.2, 0) is 14.3 Å². The summed E-state index contributed by atoms with van der Waals surface area (Å²) < 4.78 is 4.56. The van der Waals surface area contributed by atoms with E-state index in [1.807, 2.05) is 13.8 Å². The third-order valence-corrected chi connectivity index (χ3v) is 2.61. The molecule has 0 radical (unpaired) electrons. The Balaban J connectivity index is 3.06. The smallest absolute Gasteiger partial charge is 0.397 e. The highest BCUT2D eigenvalue weighted by atomic mass is 16.5. The van der Waals surface area contributed by atoms with Crippen molar-refractivity contribution in [1.29, 1.82) is 0 Å². The predicted molar refractivity (Wildman–Crippen MR) is 69.7 cm³/mol. The highest BCUT2D eigenvalue weighted by molar-refractivity contribution is 6.37. The molecule has 2 amide bonds. The number of rotatable bonds is 3. The molecule has 0 aliphatic carbocycles. The van der Waals surface area contributed by atoms with E-state index < -0.39 is 17.8 Å². The SMILES string of the molecule is CCOC(=O)C(=O)Nc1cc(C)c(C)cc1C(N)=O. The average Bonchev–Trinajstić information content (AvgIpc) is 2.33. The molecule has 0 bridgehead atoms. The third kappa shape index (κ3) is 3.54. The number of hydrogen-bond donors (Lipinski definition) is 2. The van der Waals surface area contributed by atoms with Crippen molar-refractivity contribution >= 4 is 23.5 Å². The van der Waals surface area contributed by atoms with E-state index in [-0.39, 0.29) is 17.9 Å². The van der Waals surface area contributed by atoms with Crippen LogP contribution in [-0.4, -0.2) is 24.4 Å². The molecular formula is C13H16N2O4. The molecule has 1 aromatic carbocycles. The maximum Gasteiger partial charge on any atom is 0.397 e. The molecule has 102 valence electrons. The lowest BCUT2D eigenvalue weighted by Gasteiger charge is -2.11. The topological polar surface area (TPSA) is 98.5 Å². The first-order valence-corrected chi connectivity index (χ1v) is 5.76. The molecule has 0 spiro atoms. The van der Waals surface area contributed by atoms with Crippen molar-refractivity contribution in [3.8, 4) is 0 Å². The minimum atomic E-state index is -1.00. The van der Waals surface area contributed by atoms with Crippen molar-refractivity contribution in [2.24, 2.45) is 5.73 Å². The van der Waals surface area contributed by atoms with Gasteiger partial charge in [-0.05, 0) is 44.0 Å². The Morgan fingerprint density at radius 3 is 2.32 bits per heavy atom. The Hall–Kier alpha value is -2.37. The Bertz CT molecular complexity index is 538. The summed E-state index contributed by atoms with van der Waals surface area (Å²) in [6.07, 6.45) is 0. The first kappa shape index (κ1) is 14.7. The molecule has 0 saturated heterocycles. The van der Waals surface area contributed by atoms with Crippen molar-refractivity contribution in [3.05, 3.63) is 28.8 Å². The monoisotopic (exact) mass is 264 g/mol. The summed E-state index contributed by atoms with van der Waals surface area (Å²) in [5.41, 5.74) is 7.32. The van der Waals surface area contributed by atoms with Gasteiger partial charge in [-0.15, -0.1) is 0 Å².